The van der Waals surface area contributed by atoms with E-state index in [-0.39, 0.29) is 43.4 Å². The van der Waals surface area contributed by atoms with E-state index < -0.39 is 30.2 Å². The molecule has 28 heavy (non-hydrogen) atoms. The summed E-state index contributed by atoms with van der Waals surface area (Å²) in [7, 11) is 1.32. The summed E-state index contributed by atoms with van der Waals surface area (Å²) in [5.41, 5.74) is 0. The highest BCUT2D eigenvalue weighted by molar-refractivity contribution is 5.78. The summed E-state index contributed by atoms with van der Waals surface area (Å²) >= 11 is 0. The van der Waals surface area contributed by atoms with Crippen molar-refractivity contribution in [1.82, 2.24) is 0 Å². The maximum atomic E-state index is 14.4. The third kappa shape index (κ3) is 8.12. The number of ether oxygens (including phenoxy) is 1. The molecule has 0 bridgehead atoms. The number of carbonyl (C=O) groups excluding carboxylic acids is 2. The van der Waals surface area contributed by atoms with E-state index in [4.69, 9.17) is 0 Å². The van der Waals surface area contributed by atoms with E-state index in [2.05, 4.69) is 16.6 Å². The molecule has 6 heteroatoms. The van der Waals surface area contributed by atoms with Gasteiger partial charge >= 0.3 is 5.97 Å². The number of carbonyl (C=O) groups is 2. The van der Waals surface area contributed by atoms with Crippen molar-refractivity contribution in [2.75, 3.05) is 7.11 Å². The van der Waals surface area contributed by atoms with Crippen molar-refractivity contribution >= 4 is 11.8 Å². The summed E-state index contributed by atoms with van der Waals surface area (Å²) < 4.78 is 18.9. The van der Waals surface area contributed by atoms with E-state index in [0.717, 1.165) is 0 Å². The Morgan fingerprint density at radius 1 is 1.32 bits per heavy atom. The molecule has 6 atom stereocenters. The molecule has 1 aliphatic carbocycles. The molecular formula is C22H33FO5. The normalized spacial score (nSPS) is 26.5. The molecule has 0 amide bonds. The van der Waals surface area contributed by atoms with Gasteiger partial charge in [-0.1, -0.05) is 19.1 Å². The minimum atomic E-state index is -1.25. The lowest BCUT2D eigenvalue weighted by atomic mass is 9.87. The van der Waals surface area contributed by atoms with Gasteiger partial charge < -0.3 is 14.9 Å². The van der Waals surface area contributed by atoms with Gasteiger partial charge in [-0.3, -0.25) is 9.59 Å². The number of aliphatic hydroxyl groups excluding tert-OH is 2. The third-order valence-electron chi connectivity index (χ3n) is 5.36. The highest BCUT2D eigenvalue weighted by Crippen LogP contribution is 2.38. The molecule has 5 nitrogen and oxygen atoms in total. The van der Waals surface area contributed by atoms with E-state index in [0.29, 0.717) is 19.3 Å². The first-order chi connectivity index (χ1) is 13.3. The number of hydrogen-bond acceptors (Lipinski definition) is 5. The molecule has 2 N–H and O–H groups in total. The second kappa shape index (κ2) is 12.7. The van der Waals surface area contributed by atoms with Gasteiger partial charge in [0.2, 0.25) is 0 Å². The Morgan fingerprint density at radius 3 is 2.64 bits per heavy atom. The van der Waals surface area contributed by atoms with Gasteiger partial charge in [-0.15, -0.1) is 11.8 Å². The number of Topliss-reactive ketones (excluding diaryl/α,β-unsaturated/α-hetero) is 1. The number of esters is 1. The summed E-state index contributed by atoms with van der Waals surface area (Å²) in [6.07, 6.45) is 2.65. The zero-order valence-electron chi connectivity index (χ0n) is 17.1. The first-order valence-electron chi connectivity index (χ1n) is 9.96. The first-order valence-corrected chi connectivity index (χ1v) is 9.96. The average Bonchev–Trinajstić information content (AvgIpc) is 2.93. The standard InChI is InChI=1S/C22H33FO5/c1-4-5-8-15(2)20(25)12-11-17-18(19(23)14-21(17)26)13-16(24)9-6-7-10-22(27)28-3/h11-12,15,17-21,25-26H,6-10,13-14H2,1-3H3/b12-11+/t15-,17+,18+,19-,20+,21+/m0/s1. The smallest absolute Gasteiger partial charge is 0.305 e. The van der Waals surface area contributed by atoms with Crippen LogP contribution in [0.5, 0.6) is 0 Å². The zero-order chi connectivity index (χ0) is 21.1. The quantitative estimate of drug-likeness (QED) is 0.243. The second-order valence-electron chi connectivity index (χ2n) is 7.57. The molecule has 0 aromatic carbocycles. The van der Waals surface area contributed by atoms with Gasteiger partial charge in [0.1, 0.15) is 12.0 Å². The molecule has 1 aliphatic rings. The summed E-state index contributed by atoms with van der Waals surface area (Å²) in [5.74, 6) is 4.17. The number of halogens is 1. The number of unbranched alkanes of at least 4 members (excludes halogenated alkanes) is 1. The van der Waals surface area contributed by atoms with Gasteiger partial charge in [0.25, 0.3) is 0 Å². The monoisotopic (exact) mass is 396 g/mol. The minimum Gasteiger partial charge on any atom is -0.469 e. The topological polar surface area (TPSA) is 83.8 Å². The first kappa shape index (κ1) is 24.3. The largest absolute Gasteiger partial charge is 0.469 e. The number of aliphatic hydroxyl groups is 2. The predicted octanol–water partition coefficient (Wildman–Crippen LogP) is 2.98. The molecule has 0 heterocycles. The summed E-state index contributed by atoms with van der Waals surface area (Å²) in [6, 6.07) is 0. The number of methoxy groups -OCH3 is 1. The van der Waals surface area contributed by atoms with E-state index in [1.807, 2.05) is 6.92 Å². The van der Waals surface area contributed by atoms with Gasteiger partial charge in [0, 0.05) is 43.9 Å². The number of alkyl halides is 1. The second-order valence-corrected chi connectivity index (χ2v) is 7.57. The molecule has 0 spiro atoms. The van der Waals surface area contributed by atoms with Crippen molar-refractivity contribution in [3.63, 3.8) is 0 Å². The molecule has 0 saturated heterocycles. The number of rotatable bonds is 11. The minimum absolute atomic E-state index is 0.00224. The molecule has 158 valence electrons. The van der Waals surface area contributed by atoms with Crippen molar-refractivity contribution in [3.8, 4) is 11.8 Å². The average molecular weight is 396 g/mol. The van der Waals surface area contributed by atoms with E-state index in [9.17, 15) is 24.2 Å². The SMILES string of the molecule is CC#CC[C@H](C)[C@H](O)/C=C/[C@@H]1[C@@H](CC(=O)CCCCC(=O)OC)[C@@H](F)C[C@H]1O. The van der Waals surface area contributed by atoms with E-state index >= 15 is 0 Å². The fourth-order valence-corrected chi connectivity index (χ4v) is 3.50. The number of hydrogen-bond donors (Lipinski definition) is 2. The van der Waals surface area contributed by atoms with Crippen molar-refractivity contribution in [2.24, 2.45) is 17.8 Å². The number of ketones is 1. The van der Waals surface area contributed by atoms with Gasteiger partial charge in [-0.25, -0.2) is 4.39 Å². The van der Waals surface area contributed by atoms with Crippen molar-refractivity contribution < 1.29 is 28.9 Å². The van der Waals surface area contributed by atoms with Crippen LogP contribution in [0.25, 0.3) is 0 Å². The van der Waals surface area contributed by atoms with Crippen LogP contribution in [0, 0.1) is 29.6 Å². The van der Waals surface area contributed by atoms with Crippen LogP contribution in [-0.2, 0) is 14.3 Å². The zero-order valence-corrected chi connectivity index (χ0v) is 17.1. The Labute approximate surface area is 167 Å². The Bertz CT molecular complexity index is 591. The molecule has 0 aliphatic heterocycles. The van der Waals surface area contributed by atoms with E-state index in [1.165, 1.54) is 7.11 Å². The van der Waals surface area contributed by atoms with Crippen molar-refractivity contribution in [2.45, 2.75) is 77.2 Å². The van der Waals surface area contributed by atoms with Crippen LogP contribution in [0.1, 0.15) is 58.8 Å². The molecule has 0 aromatic heterocycles. The van der Waals surface area contributed by atoms with Gasteiger partial charge in [0.05, 0.1) is 19.3 Å². The Hall–Kier alpha value is -1.71. The summed E-state index contributed by atoms with van der Waals surface area (Å²) in [4.78, 5) is 23.3. The van der Waals surface area contributed by atoms with Gasteiger partial charge in [-0.05, 0) is 25.7 Å². The van der Waals surface area contributed by atoms with Crippen LogP contribution in [0.4, 0.5) is 4.39 Å². The Morgan fingerprint density at radius 2 is 2.00 bits per heavy atom. The van der Waals surface area contributed by atoms with Crippen LogP contribution in [-0.4, -0.2) is 47.5 Å². The van der Waals surface area contributed by atoms with Crippen LogP contribution >= 0.6 is 0 Å². The molecule has 1 saturated carbocycles. The van der Waals surface area contributed by atoms with E-state index in [1.54, 1.807) is 19.1 Å². The third-order valence-corrected chi connectivity index (χ3v) is 5.36. The highest BCUT2D eigenvalue weighted by atomic mass is 19.1. The highest BCUT2D eigenvalue weighted by Gasteiger charge is 2.42. The lowest BCUT2D eigenvalue weighted by Crippen LogP contribution is -2.23. The Balaban J connectivity index is 2.57. The summed E-state index contributed by atoms with van der Waals surface area (Å²) in [6.45, 7) is 3.61. The fourth-order valence-electron chi connectivity index (χ4n) is 3.50. The van der Waals surface area contributed by atoms with Gasteiger partial charge in [-0.2, -0.15) is 0 Å². The fraction of sp³-hybridized carbons (Fsp3) is 0.727. The van der Waals surface area contributed by atoms with Crippen LogP contribution in [0.2, 0.25) is 0 Å². The molecule has 1 fully saturated rings. The molecule has 0 unspecified atom stereocenters. The lowest BCUT2D eigenvalue weighted by Gasteiger charge is -2.20. The molecule has 1 rings (SSSR count). The maximum Gasteiger partial charge on any atom is 0.305 e. The molecule has 0 aromatic rings. The lowest BCUT2D eigenvalue weighted by molar-refractivity contribution is -0.140. The van der Waals surface area contributed by atoms with Crippen LogP contribution in [0.15, 0.2) is 12.2 Å². The van der Waals surface area contributed by atoms with Crippen LogP contribution < -0.4 is 0 Å². The predicted molar refractivity (Wildman–Crippen MR) is 105 cm³/mol. The van der Waals surface area contributed by atoms with Crippen LogP contribution in [0.3, 0.4) is 0 Å². The molecular weight excluding hydrogens is 363 g/mol. The molecule has 0 radical (unpaired) electrons. The summed E-state index contributed by atoms with van der Waals surface area (Å²) in [5, 5.41) is 20.4. The maximum absolute atomic E-state index is 14.4. The van der Waals surface area contributed by atoms with Gasteiger partial charge in [0.15, 0.2) is 0 Å². The van der Waals surface area contributed by atoms with Crippen molar-refractivity contribution in [1.29, 1.82) is 0 Å². The Kier molecular flexibility index (Phi) is 11.0. The van der Waals surface area contributed by atoms with Crippen molar-refractivity contribution in [3.05, 3.63) is 12.2 Å².